The number of furan rings is 1. The van der Waals surface area contributed by atoms with Crippen molar-refractivity contribution in [2.24, 2.45) is 0 Å². The highest BCUT2D eigenvalue weighted by Crippen LogP contribution is 2.41. The van der Waals surface area contributed by atoms with E-state index in [-0.39, 0.29) is 0 Å². The van der Waals surface area contributed by atoms with E-state index in [1.165, 1.54) is 16.5 Å². The van der Waals surface area contributed by atoms with E-state index >= 15 is 0 Å². The first-order valence-electron chi connectivity index (χ1n) is 17.8. The molecule has 0 aliphatic carbocycles. The van der Waals surface area contributed by atoms with Gasteiger partial charge in [0.15, 0.2) is 17.5 Å². The van der Waals surface area contributed by atoms with E-state index in [2.05, 4.69) is 127 Å². The summed E-state index contributed by atoms with van der Waals surface area (Å²) < 4.78 is 6.55. The van der Waals surface area contributed by atoms with Gasteiger partial charge in [0.1, 0.15) is 11.2 Å². The molecule has 0 saturated carbocycles. The fraction of sp³-hybridized carbons (Fsp3) is 0. The zero-order chi connectivity index (χ0) is 35.1. The van der Waals surface area contributed by atoms with Crippen LogP contribution in [0.2, 0.25) is 0 Å². The summed E-state index contributed by atoms with van der Waals surface area (Å²) >= 11 is 0. The quantitative estimate of drug-likeness (QED) is 0.176. The van der Waals surface area contributed by atoms with Crippen LogP contribution in [-0.4, -0.2) is 15.0 Å². The maximum absolute atomic E-state index is 6.55. The van der Waals surface area contributed by atoms with Crippen molar-refractivity contribution in [3.05, 3.63) is 188 Å². The highest BCUT2D eigenvalue weighted by Gasteiger charge is 2.17. The standard InChI is InChI=1S/C49H31N3O/c1-4-14-32(15-5-1)42-31-44-43-30-38(26-27-45(43)53-46(44)41-25-11-10-24-40(41)42)36-21-12-20-35(28-36)37-22-13-23-39(29-37)49-51-47(33-16-6-2-7-17-33)50-48(52-49)34-18-8-3-9-19-34/h1-31H. The molecule has 2 aromatic heterocycles. The second-order valence-electron chi connectivity index (χ2n) is 13.2. The van der Waals surface area contributed by atoms with Crippen LogP contribution < -0.4 is 0 Å². The number of nitrogens with zero attached hydrogens (tertiary/aromatic N) is 3. The molecule has 0 spiro atoms. The zero-order valence-corrected chi connectivity index (χ0v) is 28.6. The lowest BCUT2D eigenvalue weighted by Gasteiger charge is -2.10. The predicted octanol–water partition coefficient (Wildman–Crippen LogP) is 12.9. The van der Waals surface area contributed by atoms with Crippen LogP contribution in [-0.2, 0) is 0 Å². The molecule has 0 radical (unpaired) electrons. The van der Waals surface area contributed by atoms with E-state index in [1.807, 2.05) is 60.7 Å². The molecule has 0 N–H and O–H groups in total. The normalized spacial score (nSPS) is 11.4. The average molecular weight is 678 g/mol. The van der Waals surface area contributed by atoms with Crippen LogP contribution in [0.1, 0.15) is 0 Å². The van der Waals surface area contributed by atoms with Gasteiger partial charge in [0.05, 0.1) is 0 Å². The first-order chi connectivity index (χ1) is 26.2. The van der Waals surface area contributed by atoms with E-state index in [1.54, 1.807) is 0 Å². The summed E-state index contributed by atoms with van der Waals surface area (Å²) in [4.78, 5) is 14.8. The molecule has 53 heavy (non-hydrogen) atoms. The Balaban J connectivity index is 1.06. The molecule has 4 nitrogen and oxygen atoms in total. The smallest absolute Gasteiger partial charge is 0.164 e. The van der Waals surface area contributed by atoms with Crippen LogP contribution in [0.15, 0.2) is 192 Å². The van der Waals surface area contributed by atoms with Gasteiger partial charge >= 0.3 is 0 Å². The van der Waals surface area contributed by atoms with E-state index < -0.39 is 0 Å². The second-order valence-corrected chi connectivity index (χ2v) is 13.2. The fourth-order valence-corrected chi connectivity index (χ4v) is 7.29. The predicted molar refractivity (Wildman–Crippen MR) is 217 cm³/mol. The Bertz CT molecular complexity index is 2880. The third-order valence-corrected chi connectivity index (χ3v) is 9.91. The Morgan fingerprint density at radius 1 is 0.283 bits per heavy atom. The molecule has 0 saturated heterocycles. The van der Waals surface area contributed by atoms with E-state index in [4.69, 9.17) is 19.4 Å². The molecule has 10 aromatic rings. The highest BCUT2D eigenvalue weighted by atomic mass is 16.3. The third kappa shape index (κ3) is 5.63. The van der Waals surface area contributed by atoms with Gasteiger partial charge in [0.25, 0.3) is 0 Å². The lowest BCUT2D eigenvalue weighted by atomic mass is 9.94. The van der Waals surface area contributed by atoms with Gasteiger partial charge in [-0.15, -0.1) is 0 Å². The average Bonchev–Trinajstić information content (AvgIpc) is 3.62. The molecule has 0 aliphatic rings. The lowest BCUT2D eigenvalue weighted by Crippen LogP contribution is -2.00. The number of benzene rings is 8. The van der Waals surface area contributed by atoms with Gasteiger partial charge in [0, 0.05) is 32.8 Å². The van der Waals surface area contributed by atoms with E-state index in [9.17, 15) is 0 Å². The molecule has 4 heteroatoms. The highest BCUT2D eigenvalue weighted by molar-refractivity contribution is 6.19. The van der Waals surface area contributed by atoms with Crippen LogP contribution in [0.25, 0.3) is 100 Å². The van der Waals surface area contributed by atoms with Crippen LogP contribution >= 0.6 is 0 Å². The summed E-state index contributed by atoms with van der Waals surface area (Å²) in [7, 11) is 0. The molecule has 0 amide bonds. The summed E-state index contributed by atoms with van der Waals surface area (Å²) in [6.45, 7) is 0. The first kappa shape index (κ1) is 30.6. The Hall–Kier alpha value is -7.17. The zero-order valence-electron chi connectivity index (χ0n) is 28.6. The molecule has 0 bridgehead atoms. The topological polar surface area (TPSA) is 51.8 Å². The SMILES string of the molecule is c1ccc(-c2nc(-c3ccccc3)nc(-c3cccc(-c4cccc(-c5ccc6oc7c8ccccc8c(-c8ccccc8)cc7c6c5)c4)c3)n2)cc1. The molecule has 0 atom stereocenters. The summed E-state index contributed by atoms with van der Waals surface area (Å²) in [5.41, 5.74) is 11.5. The van der Waals surface area contributed by atoms with Crippen molar-refractivity contribution in [1.29, 1.82) is 0 Å². The minimum atomic E-state index is 0.635. The Kier molecular flexibility index (Phi) is 7.43. The first-order valence-corrected chi connectivity index (χ1v) is 17.8. The van der Waals surface area contributed by atoms with Crippen molar-refractivity contribution in [2.45, 2.75) is 0 Å². The summed E-state index contributed by atoms with van der Waals surface area (Å²) in [5, 5.41) is 4.52. The molecule has 0 fully saturated rings. The Morgan fingerprint density at radius 2 is 0.736 bits per heavy atom. The number of fused-ring (bicyclic) bond motifs is 5. The van der Waals surface area contributed by atoms with E-state index in [0.29, 0.717) is 17.5 Å². The van der Waals surface area contributed by atoms with Crippen molar-refractivity contribution < 1.29 is 4.42 Å². The van der Waals surface area contributed by atoms with Gasteiger partial charge in [-0.25, -0.2) is 15.0 Å². The third-order valence-electron chi connectivity index (χ3n) is 9.91. The molecular formula is C49H31N3O. The molecule has 248 valence electrons. The van der Waals surface area contributed by atoms with Crippen molar-refractivity contribution in [2.75, 3.05) is 0 Å². The molecule has 8 aromatic carbocycles. The van der Waals surface area contributed by atoms with Gasteiger partial charge in [-0.2, -0.15) is 0 Å². The van der Waals surface area contributed by atoms with Gasteiger partial charge in [0.2, 0.25) is 0 Å². The Labute approximate surface area is 306 Å². The molecule has 0 aliphatic heterocycles. The number of rotatable bonds is 6. The largest absolute Gasteiger partial charge is 0.455 e. The van der Waals surface area contributed by atoms with Gasteiger partial charge in [-0.3, -0.25) is 0 Å². The maximum Gasteiger partial charge on any atom is 0.164 e. The van der Waals surface area contributed by atoms with Gasteiger partial charge in [-0.1, -0.05) is 158 Å². The van der Waals surface area contributed by atoms with Crippen LogP contribution in [0.3, 0.4) is 0 Å². The summed E-state index contributed by atoms with van der Waals surface area (Å²) in [6, 6.07) is 65.2. The van der Waals surface area contributed by atoms with Crippen molar-refractivity contribution in [3.8, 4) is 67.5 Å². The van der Waals surface area contributed by atoms with Crippen LogP contribution in [0.4, 0.5) is 0 Å². The minimum absolute atomic E-state index is 0.635. The molecular weight excluding hydrogens is 647 g/mol. The fourth-order valence-electron chi connectivity index (χ4n) is 7.29. The number of hydrogen-bond acceptors (Lipinski definition) is 4. The maximum atomic E-state index is 6.55. The number of aromatic nitrogens is 3. The van der Waals surface area contributed by atoms with Crippen molar-refractivity contribution in [3.63, 3.8) is 0 Å². The van der Waals surface area contributed by atoms with Crippen molar-refractivity contribution in [1.82, 2.24) is 15.0 Å². The Morgan fingerprint density at radius 3 is 1.34 bits per heavy atom. The molecule has 0 unspecified atom stereocenters. The lowest BCUT2D eigenvalue weighted by molar-refractivity contribution is 0.673. The summed E-state index contributed by atoms with van der Waals surface area (Å²) in [5.74, 6) is 1.93. The van der Waals surface area contributed by atoms with Gasteiger partial charge in [-0.05, 0) is 69.1 Å². The summed E-state index contributed by atoms with van der Waals surface area (Å²) in [6.07, 6.45) is 0. The van der Waals surface area contributed by atoms with Gasteiger partial charge < -0.3 is 4.42 Å². The molecule has 2 heterocycles. The van der Waals surface area contributed by atoms with Crippen LogP contribution in [0.5, 0.6) is 0 Å². The van der Waals surface area contributed by atoms with Crippen molar-refractivity contribution >= 4 is 32.7 Å². The second kappa shape index (κ2) is 12.9. The minimum Gasteiger partial charge on any atom is -0.455 e. The van der Waals surface area contributed by atoms with Crippen LogP contribution in [0, 0.1) is 0 Å². The monoisotopic (exact) mass is 677 g/mol. The van der Waals surface area contributed by atoms with E-state index in [0.717, 1.165) is 66.3 Å². The number of hydrogen-bond donors (Lipinski definition) is 0. The molecule has 10 rings (SSSR count).